The predicted molar refractivity (Wildman–Crippen MR) is 126 cm³/mol. The van der Waals surface area contributed by atoms with E-state index in [9.17, 15) is 14.4 Å². The fraction of sp³-hybridized carbons (Fsp3) is 0.391. The van der Waals surface area contributed by atoms with Crippen molar-refractivity contribution >= 4 is 47.0 Å². The largest absolute Gasteiger partial charge is 0.345 e. The molecule has 10 heteroatoms. The van der Waals surface area contributed by atoms with E-state index in [4.69, 9.17) is 23.2 Å². The van der Waals surface area contributed by atoms with E-state index in [1.54, 1.807) is 15.7 Å². The summed E-state index contributed by atoms with van der Waals surface area (Å²) < 4.78 is 1.68. The summed E-state index contributed by atoms with van der Waals surface area (Å²) in [5.41, 5.74) is 2.41. The number of amides is 3. The van der Waals surface area contributed by atoms with Crippen molar-refractivity contribution in [2.75, 3.05) is 26.2 Å². The van der Waals surface area contributed by atoms with Crippen LogP contribution in [0.4, 0.5) is 0 Å². The minimum absolute atomic E-state index is 0.139. The Morgan fingerprint density at radius 1 is 1.06 bits per heavy atom. The highest BCUT2D eigenvalue weighted by Crippen LogP contribution is 2.23. The minimum Gasteiger partial charge on any atom is -0.345 e. The Kier molecular flexibility index (Phi) is 7.05. The molecule has 1 saturated heterocycles. The first-order valence-corrected chi connectivity index (χ1v) is 11.6. The number of aryl methyl sites for hydroxylation is 1. The molecular weight excluding hydrogens is 465 g/mol. The van der Waals surface area contributed by atoms with Gasteiger partial charge in [0.15, 0.2) is 0 Å². The molecule has 1 aliphatic carbocycles. The van der Waals surface area contributed by atoms with Gasteiger partial charge >= 0.3 is 11.8 Å². The lowest BCUT2D eigenvalue weighted by molar-refractivity contribution is -0.148. The third-order valence-electron chi connectivity index (χ3n) is 5.73. The van der Waals surface area contributed by atoms with Crippen LogP contribution in [0.2, 0.25) is 10.2 Å². The predicted octanol–water partition coefficient (Wildman–Crippen LogP) is 2.51. The second kappa shape index (κ2) is 9.97. The van der Waals surface area contributed by atoms with Crippen LogP contribution in [-0.4, -0.2) is 69.5 Å². The van der Waals surface area contributed by atoms with Crippen molar-refractivity contribution in [1.82, 2.24) is 24.9 Å². The maximum Gasteiger partial charge on any atom is 0.312 e. The molecule has 0 unspecified atom stereocenters. The molecule has 1 aromatic heterocycles. The Hall–Kier alpha value is -2.84. The van der Waals surface area contributed by atoms with Crippen molar-refractivity contribution < 1.29 is 14.4 Å². The molecule has 0 radical (unpaired) electrons. The van der Waals surface area contributed by atoms with Crippen molar-refractivity contribution in [3.05, 3.63) is 57.3 Å². The molecule has 174 valence electrons. The highest BCUT2D eigenvalue weighted by atomic mass is 35.5. The third-order valence-corrected chi connectivity index (χ3v) is 6.38. The van der Waals surface area contributed by atoms with Gasteiger partial charge in [-0.2, -0.15) is 5.10 Å². The van der Waals surface area contributed by atoms with Crippen molar-refractivity contribution in [3.63, 3.8) is 0 Å². The zero-order chi connectivity index (χ0) is 23.5. The van der Waals surface area contributed by atoms with E-state index in [0.29, 0.717) is 48.5 Å². The van der Waals surface area contributed by atoms with Crippen LogP contribution in [0, 0.1) is 6.92 Å². The lowest BCUT2D eigenvalue weighted by Crippen LogP contribution is -2.53. The summed E-state index contributed by atoms with van der Waals surface area (Å²) in [6.07, 6.45) is 5.00. The zero-order valence-corrected chi connectivity index (χ0v) is 19.8. The minimum atomic E-state index is -0.557. The fourth-order valence-electron chi connectivity index (χ4n) is 3.63. The van der Waals surface area contributed by atoms with Crippen LogP contribution in [0.25, 0.3) is 6.08 Å². The number of rotatable bonds is 5. The molecule has 0 atom stereocenters. The molecule has 3 amide bonds. The van der Waals surface area contributed by atoms with Crippen molar-refractivity contribution in [1.29, 1.82) is 0 Å². The van der Waals surface area contributed by atoms with Gasteiger partial charge in [-0.05, 0) is 43.5 Å². The van der Waals surface area contributed by atoms with Gasteiger partial charge in [0.2, 0.25) is 5.91 Å². The first-order valence-electron chi connectivity index (χ1n) is 10.9. The number of hydrogen-bond donors (Lipinski definition) is 1. The smallest absolute Gasteiger partial charge is 0.312 e. The summed E-state index contributed by atoms with van der Waals surface area (Å²) in [6.45, 7) is 3.72. The summed E-state index contributed by atoms with van der Waals surface area (Å²) in [5, 5.41) is 8.30. The van der Waals surface area contributed by atoms with Crippen LogP contribution in [0.3, 0.4) is 0 Å². The Balaban J connectivity index is 1.33. The number of benzene rings is 1. The van der Waals surface area contributed by atoms with Gasteiger partial charge in [-0.15, -0.1) is 0 Å². The number of piperazine rings is 1. The molecule has 0 bridgehead atoms. The average Bonchev–Trinajstić information content (AvgIpc) is 3.58. The molecule has 2 aliphatic rings. The molecule has 1 N–H and O–H groups in total. The van der Waals surface area contributed by atoms with Gasteiger partial charge in [-0.1, -0.05) is 35.3 Å². The van der Waals surface area contributed by atoms with Gasteiger partial charge in [0.05, 0.1) is 12.2 Å². The number of aromatic nitrogens is 2. The summed E-state index contributed by atoms with van der Waals surface area (Å²) in [5.74, 6) is -1.26. The molecule has 1 aliphatic heterocycles. The van der Waals surface area contributed by atoms with Gasteiger partial charge in [-0.3, -0.25) is 14.4 Å². The number of nitrogens with one attached hydrogen (secondary N) is 1. The number of hydrogen-bond acceptors (Lipinski definition) is 4. The van der Waals surface area contributed by atoms with Gasteiger partial charge < -0.3 is 15.1 Å². The van der Waals surface area contributed by atoms with Crippen molar-refractivity contribution in [2.45, 2.75) is 32.4 Å². The SMILES string of the molecule is Cc1nn(Cc2ccc(Cl)cc2)c(Cl)c1/C=C/C(=O)N1CCN(C(=O)C(=O)NC2CC2)CC1. The molecule has 8 nitrogen and oxygen atoms in total. The maximum absolute atomic E-state index is 12.7. The molecular formula is C23H25Cl2N5O3. The standard InChI is InChI=1S/C23H25Cl2N5O3/c1-15-19(21(25)30(27-15)14-16-2-4-17(24)5-3-16)8-9-20(31)28-10-12-29(13-11-28)23(33)22(32)26-18-6-7-18/h2-5,8-9,18H,6-7,10-14H2,1H3,(H,26,32)/b9-8+. The molecule has 2 heterocycles. The van der Waals surface area contributed by atoms with E-state index in [2.05, 4.69) is 10.4 Å². The summed E-state index contributed by atoms with van der Waals surface area (Å²) >= 11 is 12.5. The van der Waals surface area contributed by atoms with Crippen LogP contribution in [0.5, 0.6) is 0 Å². The van der Waals surface area contributed by atoms with Crippen LogP contribution in [0.15, 0.2) is 30.3 Å². The molecule has 2 fully saturated rings. The summed E-state index contributed by atoms with van der Waals surface area (Å²) in [4.78, 5) is 40.0. The highest BCUT2D eigenvalue weighted by Gasteiger charge is 2.31. The number of carbonyl (C=O) groups excluding carboxylic acids is 3. The Labute approximate surface area is 202 Å². The van der Waals surface area contributed by atoms with Gasteiger partial charge in [-0.25, -0.2) is 4.68 Å². The van der Waals surface area contributed by atoms with Crippen LogP contribution >= 0.6 is 23.2 Å². The molecule has 1 aromatic carbocycles. The molecule has 4 rings (SSSR count). The molecule has 1 saturated carbocycles. The van der Waals surface area contributed by atoms with E-state index in [-0.39, 0.29) is 11.9 Å². The van der Waals surface area contributed by atoms with E-state index in [1.807, 2.05) is 31.2 Å². The second-order valence-electron chi connectivity index (χ2n) is 8.27. The Morgan fingerprint density at radius 3 is 2.33 bits per heavy atom. The van der Waals surface area contributed by atoms with Gasteiger partial charge in [0, 0.05) is 48.9 Å². The van der Waals surface area contributed by atoms with E-state index < -0.39 is 11.8 Å². The normalized spacial score (nSPS) is 16.3. The van der Waals surface area contributed by atoms with E-state index >= 15 is 0 Å². The van der Waals surface area contributed by atoms with E-state index in [1.165, 1.54) is 11.0 Å². The first kappa shape index (κ1) is 23.3. The molecule has 2 aromatic rings. The van der Waals surface area contributed by atoms with Crippen LogP contribution in [0.1, 0.15) is 29.7 Å². The molecule has 33 heavy (non-hydrogen) atoms. The van der Waals surface area contributed by atoms with Gasteiger partial charge in [0.25, 0.3) is 0 Å². The monoisotopic (exact) mass is 489 g/mol. The van der Waals surface area contributed by atoms with Crippen molar-refractivity contribution in [2.24, 2.45) is 0 Å². The van der Waals surface area contributed by atoms with E-state index in [0.717, 1.165) is 24.1 Å². The van der Waals surface area contributed by atoms with Crippen molar-refractivity contribution in [3.8, 4) is 0 Å². The first-order chi connectivity index (χ1) is 15.8. The van der Waals surface area contributed by atoms with Gasteiger partial charge in [0.1, 0.15) is 5.15 Å². The lowest BCUT2D eigenvalue weighted by atomic mass is 10.2. The van der Waals surface area contributed by atoms with Crippen LogP contribution < -0.4 is 5.32 Å². The maximum atomic E-state index is 12.7. The zero-order valence-electron chi connectivity index (χ0n) is 18.3. The quantitative estimate of drug-likeness (QED) is 0.516. The summed E-state index contributed by atoms with van der Waals surface area (Å²) in [7, 11) is 0. The number of halogens is 2. The van der Waals surface area contributed by atoms with Crippen LogP contribution in [-0.2, 0) is 20.9 Å². The topological polar surface area (TPSA) is 87.5 Å². The fourth-order valence-corrected chi connectivity index (χ4v) is 4.06. The second-order valence-corrected chi connectivity index (χ2v) is 9.07. The lowest BCUT2D eigenvalue weighted by Gasteiger charge is -2.33. The average molecular weight is 490 g/mol. The third kappa shape index (κ3) is 5.75. The summed E-state index contributed by atoms with van der Waals surface area (Å²) in [6, 6.07) is 7.59. The molecule has 0 spiro atoms. The Morgan fingerprint density at radius 2 is 1.70 bits per heavy atom. The Bertz CT molecular complexity index is 1080. The number of nitrogens with zero attached hydrogens (tertiary/aromatic N) is 4. The highest BCUT2D eigenvalue weighted by molar-refractivity contribution is 6.35. The number of carbonyl (C=O) groups is 3.